The Morgan fingerprint density at radius 3 is 2.44 bits per heavy atom. The zero-order valence-electron chi connectivity index (χ0n) is 13.0. The normalized spacial score (nSPS) is 11.6. The fourth-order valence-electron chi connectivity index (χ4n) is 2.18. The van der Waals surface area contributed by atoms with Gasteiger partial charge in [-0.3, -0.25) is 0 Å². The van der Waals surface area contributed by atoms with Crippen LogP contribution in [-0.4, -0.2) is 18.5 Å². The molecule has 0 fully saturated rings. The first-order chi connectivity index (χ1) is 11.9. The number of aromatic nitrogens is 1. The van der Waals surface area contributed by atoms with E-state index in [1.165, 1.54) is 35.6 Å². The monoisotopic (exact) mass is 378 g/mol. The maximum absolute atomic E-state index is 12.9. The predicted molar refractivity (Wildman–Crippen MR) is 95.1 cm³/mol. The summed E-state index contributed by atoms with van der Waals surface area (Å²) in [6.45, 7) is 0.0896. The molecule has 0 aliphatic rings. The first kappa shape index (κ1) is 17.5. The molecule has 1 aromatic heterocycles. The van der Waals surface area contributed by atoms with Gasteiger partial charge in [0.1, 0.15) is 16.6 Å². The predicted octanol–water partition coefficient (Wildman–Crippen LogP) is 3.27. The quantitative estimate of drug-likeness (QED) is 0.690. The van der Waals surface area contributed by atoms with Crippen LogP contribution in [0.25, 0.3) is 11.3 Å². The highest BCUT2D eigenvalue weighted by Crippen LogP contribution is 2.23. The van der Waals surface area contributed by atoms with Gasteiger partial charge in [0.15, 0.2) is 0 Å². The molecule has 2 N–H and O–H groups in total. The van der Waals surface area contributed by atoms with Gasteiger partial charge in [0.2, 0.25) is 10.0 Å². The Balaban J connectivity index is 1.63. The van der Waals surface area contributed by atoms with E-state index in [0.29, 0.717) is 10.6 Å². The lowest BCUT2D eigenvalue weighted by molar-refractivity contribution is 0.475. The molecule has 130 valence electrons. The average Bonchev–Trinajstić information content (AvgIpc) is 3.05. The Bertz CT molecular complexity index is 952. The van der Waals surface area contributed by atoms with Crippen LogP contribution in [0.3, 0.4) is 0 Å². The van der Waals surface area contributed by atoms with Crippen LogP contribution >= 0.6 is 11.3 Å². The van der Waals surface area contributed by atoms with E-state index in [4.69, 9.17) is 0 Å². The molecule has 0 radical (unpaired) electrons. The van der Waals surface area contributed by atoms with Crippen LogP contribution in [0.1, 0.15) is 10.6 Å². The number of aromatic hydroxyl groups is 1. The molecule has 0 aliphatic carbocycles. The molecule has 0 saturated heterocycles. The lowest BCUT2D eigenvalue weighted by Gasteiger charge is -2.05. The summed E-state index contributed by atoms with van der Waals surface area (Å²) in [5, 5.41) is 11.8. The van der Waals surface area contributed by atoms with Crippen LogP contribution in [0.2, 0.25) is 0 Å². The van der Waals surface area contributed by atoms with Crippen LogP contribution < -0.4 is 4.72 Å². The Labute approximate surface area is 148 Å². The number of halogens is 1. The van der Waals surface area contributed by atoms with E-state index < -0.39 is 15.8 Å². The summed E-state index contributed by atoms with van der Waals surface area (Å²) in [4.78, 5) is 4.39. The molecular weight excluding hydrogens is 363 g/mol. The number of nitrogens with one attached hydrogen (secondary N) is 1. The lowest BCUT2D eigenvalue weighted by atomic mass is 10.2. The van der Waals surface area contributed by atoms with Crippen molar-refractivity contribution in [2.24, 2.45) is 0 Å². The van der Waals surface area contributed by atoms with E-state index in [9.17, 15) is 17.9 Å². The summed E-state index contributed by atoms with van der Waals surface area (Å²) in [6.07, 6.45) is 0. The third-order valence-electron chi connectivity index (χ3n) is 3.43. The standard InChI is InChI=1S/C17H15FN2O3S2/c18-14-5-1-12(2-6-14)11-25(22,23)19-9-17-20-16(10-24-17)13-3-7-15(21)8-4-13/h1-8,10,19,21H,9,11H2. The summed E-state index contributed by atoms with van der Waals surface area (Å²) in [7, 11) is -3.55. The molecule has 0 saturated carbocycles. The number of phenolic OH excluding ortho intramolecular Hbond substituents is 1. The van der Waals surface area contributed by atoms with Gasteiger partial charge in [-0.15, -0.1) is 11.3 Å². The molecule has 0 amide bonds. The minimum atomic E-state index is -3.55. The van der Waals surface area contributed by atoms with E-state index >= 15 is 0 Å². The maximum atomic E-state index is 12.9. The number of rotatable bonds is 6. The molecule has 5 nitrogen and oxygen atoms in total. The molecule has 8 heteroatoms. The van der Waals surface area contributed by atoms with Crippen molar-refractivity contribution in [3.8, 4) is 17.0 Å². The number of phenols is 1. The third-order valence-corrected chi connectivity index (χ3v) is 5.57. The smallest absolute Gasteiger partial charge is 0.216 e. The summed E-state index contributed by atoms with van der Waals surface area (Å²) < 4.78 is 39.6. The molecule has 0 aliphatic heterocycles. The van der Waals surface area contributed by atoms with Gasteiger partial charge in [-0.05, 0) is 42.0 Å². The highest BCUT2D eigenvalue weighted by atomic mass is 32.2. The first-order valence-corrected chi connectivity index (χ1v) is 9.90. The fraction of sp³-hybridized carbons (Fsp3) is 0.118. The van der Waals surface area contributed by atoms with Crippen molar-refractivity contribution < 1.29 is 17.9 Å². The highest BCUT2D eigenvalue weighted by Gasteiger charge is 2.13. The van der Waals surface area contributed by atoms with Gasteiger partial charge in [-0.2, -0.15) is 0 Å². The van der Waals surface area contributed by atoms with Gasteiger partial charge in [-0.1, -0.05) is 12.1 Å². The van der Waals surface area contributed by atoms with Crippen LogP contribution in [0.15, 0.2) is 53.9 Å². The molecule has 0 atom stereocenters. The zero-order chi connectivity index (χ0) is 17.9. The topological polar surface area (TPSA) is 79.3 Å². The van der Waals surface area contributed by atoms with Crippen molar-refractivity contribution in [1.29, 1.82) is 0 Å². The molecule has 2 aromatic carbocycles. The van der Waals surface area contributed by atoms with Gasteiger partial charge < -0.3 is 5.11 Å². The second kappa shape index (κ2) is 7.30. The highest BCUT2D eigenvalue weighted by molar-refractivity contribution is 7.88. The number of sulfonamides is 1. The van der Waals surface area contributed by atoms with Crippen molar-refractivity contribution in [3.05, 3.63) is 70.3 Å². The van der Waals surface area contributed by atoms with E-state index in [2.05, 4.69) is 9.71 Å². The minimum absolute atomic E-state index is 0.0896. The van der Waals surface area contributed by atoms with Gasteiger partial charge in [0.25, 0.3) is 0 Å². The number of benzene rings is 2. The molecule has 25 heavy (non-hydrogen) atoms. The minimum Gasteiger partial charge on any atom is -0.508 e. The Hall–Kier alpha value is -2.29. The van der Waals surface area contributed by atoms with E-state index in [1.807, 2.05) is 5.38 Å². The van der Waals surface area contributed by atoms with E-state index in [1.54, 1.807) is 24.3 Å². The molecule has 0 unspecified atom stereocenters. The van der Waals surface area contributed by atoms with Crippen molar-refractivity contribution in [3.63, 3.8) is 0 Å². The molecule has 0 spiro atoms. The summed E-state index contributed by atoms with van der Waals surface area (Å²) >= 11 is 1.35. The van der Waals surface area contributed by atoms with Crippen LogP contribution in [0.4, 0.5) is 4.39 Å². The van der Waals surface area contributed by atoms with Crippen molar-refractivity contribution in [2.45, 2.75) is 12.3 Å². The average molecular weight is 378 g/mol. The summed E-state index contributed by atoms with van der Waals surface area (Å²) in [5.41, 5.74) is 2.07. The molecule has 3 aromatic rings. The Morgan fingerprint density at radius 1 is 1.08 bits per heavy atom. The first-order valence-electron chi connectivity index (χ1n) is 7.37. The summed E-state index contributed by atoms with van der Waals surface area (Å²) in [6, 6.07) is 12.0. The van der Waals surface area contributed by atoms with Crippen LogP contribution in [-0.2, 0) is 22.3 Å². The maximum Gasteiger partial charge on any atom is 0.216 e. The summed E-state index contributed by atoms with van der Waals surface area (Å²) in [5.74, 6) is -0.449. The van der Waals surface area contributed by atoms with Crippen molar-refractivity contribution >= 4 is 21.4 Å². The Kier molecular flexibility index (Phi) is 5.12. The van der Waals surface area contributed by atoms with Crippen molar-refractivity contribution in [2.75, 3.05) is 0 Å². The molecule has 0 bridgehead atoms. The zero-order valence-corrected chi connectivity index (χ0v) is 14.6. The molecule has 3 rings (SSSR count). The molecule has 1 heterocycles. The van der Waals surface area contributed by atoms with Crippen LogP contribution in [0, 0.1) is 5.82 Å². The third kappa shape index (κ3) is 4.85. The van der Waals surface area contributed by atoms with E-state index in [0.717, 1.165) is 11.3 Å². The lowest BCUT2D eigenvalue weighted by Crippen LogP contribution is -2.24. The largest absolute Gasteiger partial charge is 0.508 e. The number of nitrogens with zero attached hydrogens (tertiary/aromatic N) is 1. The Morgan fingerprint density at radius 2 is 1.76 bits per heavy atom. The second-order valence-corrected chi connectivity index (χ2v) is 8.13. The molecular formula is C17H15FN2O3S2. The van der Waals surface area contributed by atoms with E-state index in [-0.39, 0.29) is 18.0 Å². The van der Waals surface area contributed by atoms with Gasteiger partial charge in [0, 0.05) is 10.9 Å². The number of thiazole rings is 1. The van der Waals surface area contributed by atoms with Gasteiger partial charge in [-0.25, -0.2) is 22.5 Å². The fourth-order valence-corrected chi connectivity index (χ4v) is 4.10. The number of hydrogen-bond donors (Lipinski definition) is 2. The SMILES string of the molecule is O=S(=O)(Cc1ccc(F)cc1)NCc1nc(-c2ccc(O)cc2)cs1. The number of hydrogen-bond acceptors (Lipinski definition) is 5. The van der Waals surface area contributed by atoms with Crippen molar-refractivity contribution in [1.82, 2.24) is 9.71 Å². The van der Waals surface area contributed by atoms with Gasteiger partial charge >= 0.3 is 0 Å². The van der Waals surface area contributed by atoms with Gasteiger partial charge in [0.05, 0.1) is 18.0 Å². The van der Waals surface area contributed by atoms with Crippen LogP contribution in [0.5, 0.6) is 5.75 Å². The second-order valence-electron chi connectivity index (χ2n) is 5.38.